The van der Waals surface area contributed by atoms with E-state index in [-0.39, 0.29) is 12.0 Å². The van der Waals surface area contributed by atoms with E-state index in [2.05, 4.69) is 0 Å². The van der Waals surface area contributed by atoms with Crippen LogP contribution in [0.3, 0.4) is 0 Å². The first-order valence-electron chi connectivity index (χ1n) is 7.08. The lowest BCUT2D eigenvalue weighted by Crippen LogP contribution is -2.39. The summed E-state index contributed by atoms with van der Waals surface area (Å²) in [6.45, 7) is 0.401. The quantitative estimate of drug-likeness (QED) is 0.616. The highest BCUT2D eigenvalue weighted by Crippen LogP contribution is 2.52. The summed E-state index contributed by atoms with van der Waals surface area (Å²) >= 11 is 5.89. The van der Waals surface area contributed by atoms with Gasteiger partial charge in [0.15, 0.2) is 0 Å². The second-order valence-electron chi connectivity index (χ2n) is 5.82. The molecule has 1 aromatic rings. The fourth-order valence-electron chi connectivity index (χ4n) is 3.74. The summed E-state index contributed by atoms with van der Waals surface area (Å²) in [4.78, 5) is 26.6. The molecule has 0 N–H and O–H groups in total. The number of anilines is 1. The van der Waals surface area contributed by atoms with E-state index in [9.17, 15) is 9.59 Å². The summed E-state index contributed by atoms with van der Waals surface area (Å²) in [5.41, 5.74) is 0.0301. The van der Waals surface area contributed by atoms with Crippen LogP contribution >= 0.6 is 11.6 Å². The highest BCUT2D eigenvalue weighted by molar-refractivity contribution is 6.30. The number of carbonyl (C=O) groups excluding carboxylic acids is 2. The molecule has 0 saturated carbocycles. The number of ether oxygens (including phenoxy) is 2. The molecule has 4 atom stereocenters. The Bertz CT molecular complexity index is 686. The number of benzene rings is 1. The molecule has 4 unspecified atom stereocenters. The van der Waals surface area contributed by atoms with Crippen LogP contribution in [0.5, 0.6) is 0 Å². The van der Waals surface area contributed by atoms with E-state index >= 15 is 0 Å². The Labute approximate surface area is 132 Å². The maximum atomic E-state index is 12.9. The topological polar surface area (TPSA) is 55.8 Å². The van der Waals surface area contributed by atoms with Gasteiger partial charge in [-0.25, -0.2) is 0 Å². The van der Waals surface area contributed by atoms with Gasteiger partial charge in [-0.05, 0) is 24.3 Å². The van der Waals surface area contributed by atoms with Crippen LogP contribution in [0.15, 0.2) is 36.4 Å². The van der Waals surface area contributed by atoms with Gasteiger partial charge in [0.2, 0.25) is 5.91 Å². The van der Waals surface area contributed by atoms with Crippen LogP contribution in [0.4, 0.5) is 5.69 Å². The Morgan fingerprint density at radius 2 is 2.14 bits per heavy atom. The first-order valence-corrected chi connectivity index (χ1v) is 7.45. The third-order valence-corrected chi connectivity index (χ3v) is 4.96. The molecule has 0 aromatic heterocycles. The summed E-state index contributed by atoms with van der Waals surface area (Å²) < 4.78 is 10.8. The lowest BCUT2D eigenvalue weighted by atomic mass is 9.77. The Morgan fingerprint density at radius 1 is 1.41 bits per heavy atom. The molecule has 1 amide bonds. The summed E-state index contributed by atoms with van der Waals surface area (Å²) in [5.74, 6) is -1.59. The second kappa shape index (κ2) is 4.57. The molecule has 3 heterocycles. The molecular formula is C16H14ClNO4. The number of nitrogens with zero attached hydrogens (tertiary/aromatic N) is 1. The number of rotatable bonds is 2. The molecule has 4 rings (SSSR count). The number of amides is 1. The van der Waals surface area contributed by atoms with E-state index in [0.717, 1.165) is 5.69 Å². The Kier molecular flexibility index (Phi) is 2.86. The first-order chi connectivity index (χ1) is 10.6. The first kappa shape index (κ1) is 13.8. The van der Waals surface area contributed by atoms with Crippen LogP contribution in [0, 0.1) is 11.8 Å². The third kappa shape index (κ3) is 1.69. The molecule has 1 spiro atoms. The lowest BCUT2D eigenvalue weighted by molar-refractivity contribution is -0.149. The maximum Gasteiger partial charge on any atom is 0.312 e. The molecule has 2 saturated heterocycles. The largest absolute Gasteiger partial charge is 0.469 e. The number of hydrogen-bond acceptors (Lipinski definition) is 4. The number of esters is 1. The van der Waals surface area contributed by atoms with Gasteiger partial charge in [0.25, 0.3) is 0 Å². The Morgan fingerprint density at radius 3 is 2.82 bits per heavy atom. The summed E-state index contributed by atoms with van der Waals surface area (Å²) in [6.07, 6.45) is 3.40. The zero-order valence-corrected chi connectivity index (χ0v) is 12.6. The zero-order chi connectivity index (χ0) is 15.5. The minimum absolute atomic E-state index is 0.107. The number of methoxy groups -OCH3 is 1. The van der Waals surface area contributed by atoms with Crippen molar-refractivity contribution in [2.24, 2.45) is 11.8 Å². The normalized spacial score (nSPS) is 35.1. The molecule has 3 aliphatic heterocycles. The maximum absolute atomic E-state index is 12.9. The van der Waals surface area contributed by atoms with E-state index in [4.69, 9.17) is 21.1 Å². The van der Waals surface area contributed by atoms with Crippen LogP contribution in [0.1, 0.15) is 0 Å². The van der Waals surface area contributed by atoms with Crippen molar-refractivity contribution in [2.45, 2.75) is 11.7 Å². The molecule has 5 nitrogen and oxygen atoms in total. The van der Waals surface area contributed by atoms with Gasteiger partial charge in [0.05, 0.1) is 25.7 Å². The molecule has 0 aliphatic carbocycles. The second-order valence-corrected chi connectivity index (χ2v) is 6.26. The van der Waals surface area contributed by atoms with Crippen molar-refractivity contribution in [2.75, 3.05) is 18.6 Å². The van der Waals surface area contributed by atoms with E-state index in [0.29, 0.717) is 11.6 Å². The van der Waals surface area contributed by atoms with Gasteiger partial charge in [0.1, 0.15) is 11.5 Å². The molecule has 1 aromatic carbocycles. The van der Waals surface area contributed by atoms with Crippen molar-refractivity contribution < 1.29 is 19.1 Å². The fourth-order valence-corrected chi connectivity index (χ4v) is 3.87. The zero-order valence-electron chi connectivity index (χ0n) is 11.9. The minimum atomic E-state index is -0.722. The molecule has 114 valence electrons. The fraction of sp³-hybridized carbons (Fsp3) is 0.375. The standard InChI is InChI=1S/C16H14ClNO4/c1-21-15(20)12-11-6-7-16(22-11)8-18(14(19)13(12)16)10-4-2-9(17)3-5-10/h2-7,11-13H,8H2,1H3. The third-order valence-electron chi connectivity index (χ3n) is 4.71. The minimum Gasteiger partial charge on any atom is -0.469 e. The van der Waals surface area contributed by atoms with Crippen LogP contribution in [-0.2, 0) is 19.1 Å². The van der Waals surface area contributed by atoms with Crippen molar-refractivity contribution in [3.05, 3.63) is 41.4 Å². The highest BCUT2D eigenvalue weighted by atomic mass is 35.5. The number of hydrogen-bond donors (Lipinski definition) is 0. The molecule has 6 heteroatoms. The van der Waals surface area contributed by atoms with Crippen LogP contribution < -0.4 is 4.90 Å². The van der Waals surface area contributed by atoms with Crippen molar-refractivity contribution >= 4 is 29.2 Å². The predicted molar refractivity (Wildman–Crippen MR) is 79.5 cm³/mol. The number of halogens is 1. The van der Waals surface area contributed by atoms with Gasteiger partial charge in [-0.1, -0.05) is 23.8 Å². The van der Waals surface area contributed by atoms with Gasteiger partial charge in [-0.15, -0.1) is 0 Å². The SMILES string of the molecule is COC(=O)C1C2C=CC3(CN(c4ccc(Cl)cc4)C(=O)C13)O2. The Balaban J connectivity index is 1.71. The van der Waals surface area contributed by atoms with Crippen molar-refractivity contribution in [3.8, 4) is 0 Å². The van der Waals surface area contributed by atoms with Crippen molar-refractivity contribution in [1.82, 2.24) is 0 Å². The summed E-state index contributed by atoms with van der Waals surface area (Å²) in [7, 11) is 1.33. The van der Waals surface area contributed by atoms with E-state index in [1.54, 1.807) is 29.2 Å². The van der Waals surface area contributed by atoms with Gasteiger partial charge in [0, 0.05) is 10.7 Å². The predicted octanol–water partition coefficient (Wildman–Crippen LogP) is 1.80. The van der Waals surface area contributed by atoms with Gasteiger partial charge in [-0.3, -0.25) is 9.59 Å². The van der Waals surface area contributed by atoms with Crippen molar-refractivity contribution in [1.29, 1.82) is 0 Å². The van der Waals surface area contributed by atoms with Crippen LogP contribution in [0.2, 0.25) is 5.02 Å². The summed E-state index contributed by atoms with van der Waals surface area (Å²) in [5, 5.41) is 0.610. The molecule has 3 aliphatic rings. The smallest absolute Gasteiger partial charge is 0.312 e. The average Bonchev–Trinajstić information content (AvgIpc) is 3.16. The monoisotopic (exact) mass is 319 g/mol. The molecule has 22 heavy (non-hydrogen) atoms. The van der Waals surface area contributed by atoms with Gasteiger partial charge >= 0.3 is 5.97 Å². The van der Waals surface area contributed by atoms with E-state index < -0.39 is 23.4 Å². The molecule has 0 radical (unpaired) electrons. The van der Waals surface area contributed by atoms with Crippen LogP contribution in [0.25, 0.3) is 0 Å². The van der Waals surface area contributed by atoms with Gasteiger partial charge in [-0.2, -0.15) is 0 Å². The van der Waals surface area contributed by atoms with E-state index in [1.807, 2.05) is 12.2 Å². The molecule has 2 bridgehead atoms. The van der Waals surface area contributed by atoms with Gasteiger partial charge < -0.3 is 14.4 Å². The number of fused-ring (bicyclic) bond motifs is 1. The average molecular weight is 320 g/mol. The highest BCUT2D eigenvalue weighted by Gasteiger charge is 2.67. The Hall–Kier alpha value is -1.85. The van der Waals surface area contributed by atoms with Crippen LogP contribution in [-0.4, -0.2) is 37.2 Å². The molecular weight excluding hydrogens is 306 g/mol. The lowest BCUT2D eigenvalue weighted by Gasteiger charge is -2.22. The molecule has 2 fully saturated rings. The summed E-state index contributed by atoms with van der Waals surface area (Å²) in [6, 6.07) is 7.06. The van der Waals surface area contributed by atoms with Crippen molar-refractivity contribution in [3.63, 3.8) is 0 Å². The number of carbonyl (C=O) groups is 2. The van der Waals surface area contributed by atoms with E-state index in [1.165, 1.54) is 7.11 Å².